The van der Waals surface area contributed by atoms with Crippen molar-refractivity contribution in [3.63, 3.8) is 0 Å². The molecule has 61 heavy (non-hydrogen) atoms. The molecule has 2 aromatic heterocycles. The third kappa shape index (κ3) is 16.3. The number of benzene rings is 2. The molecule has 4 aromatic rings. The van der Waals surface area contributed by atoms with Gasteiger partial charge in [0.25, 0.3) is 0 Å². The van der Waals surface area contributed by atoms with E-state index in [4.69, 9.17) is 47.6 Å². The highest BCUT2D eigenvalue weighted by molar-refractivity contribution is 6.31. The van der Waals surface area contributed by atoms with Crippen LogP contribution in [0.4, 0.5) is 9.59 Å². The van der Waals surface area contributed by atoms with Gasteiger partial charge in [0.15, 0.2) is 11.6 Å². The fourth-order valence-corrected chi connectivity index (χ4v) is 6.25. The molecule has 17 nitrogen and oxygen atoms in total. The average Bonchev–Trinajstić information content (AvgIpc) is 4.02. The van der Waals surface area contributed by atoms with Gasteiger partial charge in [0.2, 0.25) is 0 Å². The number of halogens is 2. The lowest BCUT2D eigenvalue weighted by atomic mass is 10.2. The number of hydrogen-bond acceptors (Lipinski definition) is 12. The molecule has 19 heteroatoms. The molecule has 6 rings (SSSR count). The quantitative estimate of drug-likeness (QED) is 0.0948. The van der Waals surface area contributed by atoms with Gasteiger partial charge in [-0.05, 0) is 91.5 Å². The largest absolute Gasteiger partial charge is 0.478 e. The van der Waals surface area contributed by atoms with Gasteiger partial charge in [0, 0.05) is 58.8 Å². The number of likely N-dealkylation sites (tertiary alicyclic amines) is 2. The first-order valence-corrected chi connectivity index (χ1v) is 20.3. The van der Waals surface area contributed by atoms with Crippen molar-refractivity contribution in [3.8, 4) is 22.8 Å². The molecule has 2 atom stereocenters. The number of nitrogens with zero attached hydrogens (tertiary/aromatic N) is 8. The van der Waals surface area contributed by atoms with Gasteiger partial charge in [0.05, 0.1) is 18.7 Å². The molecule has 328 valence electrons. The van der Waals surface area contributed by atoms with Crippen molar-refractivity contribution in [1.82, 2.24) is 39.3 Å². The van der Waals surface area contributed by atoms with E-state index in [1.807, 2.05) is 59.7 Å². The molecule has 2 amide bonds. The van der Waals surface area contributed by atoms with Gasteiger partial charge in [-0.25, -0.2) is 38.5 Å². The summed E-state index contributed by atoms with van der Waals surface area (Å²) in [5, 5.41) is 27.1. The van der Waals surface area contributed by atoms with Crippen LogP contribution in [-0.4, -0.2) is 123 Å². The number of amides is 2. The van der Waals surface area contributed by atoms with Crippen LogP contribution in [0.25, 0.3) is 35.2 Å². The predicted octanol–water partition coefficient (Wildman–Crippen LogP) is 7.54. The molecule has 2 aromatic carbocycles. The maximum absolute atomic E-state index is 12.3. The van der Waals surface area contributed by atoms with Crippen molar-refractivity contribution in [2.45, 2.75) is 90.5 Å². The lowest BCUT2D eigenvalue weighted by molar-refractivity contribution is -0.139. The number of carbonyl (C=O) groups excluding carboxylic acids is 3. The highest BCUT2D eigenvalue weighted by atomic mass is 35.5. The molecule has 4 heterocycles. The van der Waals surface area contributed by atoms with E-state index in [2.05, 4.69) is 20.2 Å². The summed E-state index contributed by atoms with van der Waals surface area (Å²) in [7, 11) is 0. The van der Waals surface area contributed by atoms with Crippen LogP contribution >= 0.6 is 23.2 Å². The Bertz CT molecular complexity index is 2160. The van der Waals surface area contributed by atoms with E-state index in [9.17, 15) is 19.2 Å². The summed E-state index contributed by atoms with van der Waals surface area (Å²) in [6, 6.07) is 14.1. The maximum atomic E-state index is 12.3. The van der Waals surface area contributed by atoms with Gasteiger partial charge < -0.3 is 34.2 Å². The van der Waals surface area contributed by atoms with E-state index < -0.39 is 23.1 Å². The molecule has 2 aliphatic rings. The number of rotatable bonds is 9. The topological polar surface area (TPSA) is 204 Å². The fourth-order valence-electron chi connectivity index (χ4n) is 5.87. The molecule has 2 aliphatic heterocycles. The SMILES string of the molecule is CC(C)(C)OC(=O)N1CCCC1CO.CC(C)(C)OC(=O)N1CCCC1COC(=O)/C=C\n1cnc(-c2cccc(Cl)c2)n1.O=C(O)/C=C\n1cnc(-c2cccc(Cl)c2)n1. The highest BCUT2D eigenvalue weighted by Crippen LogP contribution is 2.23. The number of aromatic nitrogens is 6. The fraction of sp³-hybridized carbons (Fsp3) is 0.429. The van der Waals surface area contributed by atoms with Crippen LogP contribution in [0.2, 0.25) is 10.0 Å². The molecule has 0 bridgehead atoms. The number of aliphatic hydroxyl groups is 1. The summed E-state index contributed by atoms with van der Waals surface area (Å²) in [5.41, 5.74) is 0.533. The molecular formula is C42H52Cl2N8O9. The summed E-state index contributed by atoms with van der Waals surface area (Å²) in [4.78, 5) is 57.8. The monoisotopic (exact) mass is 882 g/mol. The molecule has 0 radical (unpaired) electrons. The molecule has 2 saturated heterocycles. The van der Waals surface area contributed by atoms with E-state index in [0.29, 0.717) is 34.8 Å². The maximum Gasteiger partial charge on any atom is 0.410 e. The van der Waals surface area contributed by atoms with E-state index in [-0.39, 0.29) is 37.5 Å². The molecule has 2 fully saturated rings. The molecule has 0 aliphatic carbocycles. The smallest absolute Gasteiger partial charge is 0.410 e. The van der Waals surface area contributed by atoms with Gasteiger partial charge in [-0.2, -0.15) is 0 Å². The first-order chi connectivity index (χ1) is 28.8. The molecular weight excluding hydrogens is 831 g/mol. The number of aliphatic hydroxyl groups excluding tert-OH is 1. The number of ether oxygens (including phenoxy) is 3. The van der Waals surface area contributed by atoms with Gasteiger partial charge >= 0.3 is 24.1 Å². The van der Waals surface area contributed by atoms with Gasteiger partial charge in [-0.15, -0.1) is 10.2 Å². The van der Waals surface area contributed by atoms with Crippen LogP contribution in [0.1, 0.15) is 67.2 Å². The average molecular weight is 884 g/mol. The van der Waals surface area contributed by atoms with Crippen molar-refractivity contribution >= 4 is 59.7 Å². The Hall–Kier alpha value is -5.78. The van der Waals surface area contributed by atoms with E-state index in [1.54, 1.807) is 40.1 Å². The Labute approximate surface area is 364 Å². The minimum Gasteiger partial charge on any atom is -0.478 e. The Morgan fingerprint density at radius 1 is 0.738 bits per heavy atom. The zero-order chi connectivity index (χ0) is 44.7. The van der Waals surface area contributed by atoms with Crippen molar-refractivity contribution < 1.29 is 43.6 Å². The Kier molecular flexibility index (Phi) is 17.4. The van der Waals surface area contributed by atoms with Crippen molar-refractivity contribution in [2.75, 3.05) is 26.3 Å². The van der Waals surface area contributed by atoms with Crippen molar-refractivity contribution in [2.24, 2.45) is 0 Å². The third-order valence-corrected chi connectivity index (χ3v) is 9.03. The second-order valence-electron chi connectivity index (χ2n) is 15.8. The van der Waals surface area contributed by atoms with E-state index >= 15 is 0 Å². The molecule has 0 saturated carbocycles. The Balaban J connectivity index is 0.000000223. The predicted molar refractivity (Wildman–Crippen MR) is 229 cm³/mol. The van der Waals surface area contributed by atoms with Gasteiger partial charge in [-0.3, -0.25) is 0 Å². The summed E-state index contributed by atoms with van der Waals surface area (Å²) >= 11 is 11.8. The standard InChI is InChI=1S/C21H25ClN4O4.C11H8ClN3O2.C10H19NO3/c1-21(2,3)30-20(28)26-10-5-8-17(26)13-29-18(27)9-11-25-14-23-19(24-25)15-6-4-7-16(22)12-15;12-9-3-1-2-8(6-9)11-13-7-15(14-11)5-4-10(16)17;1-10(2,3)14-9(13)11-6-4-5-8(11)7-12/h4,6-7,9,11-12,14,17H,5,8,10,13H2,1-3H3;1-7H,(H,16,17);8,12H,4-7H2,1-3H3/b11-9-;5-4-;. The zero-order valence-electron chi connectivity index (χ0n) is 35.0. The second-order valence-corrected chi connectivity index (χ2v) is 16.7. The highest BCUT2D eigenvalue weighted by Gasteiger charge is 2.33. The van der Waals surface area contributed by atoms with Crippen LogP contribution in [-0.2, 0) is 23.8 Å². The Morgan fingerprint density at radius 3 is 1.64 bits per heavy atom. The second kappa shape index (κ2) is 22.2. The summed E-state index contributed by atoms with van der Waals surface area (Å²) in [5.74, 6) is -0.576. The van der Waals surface area contributed by atoms with Crippen LogP contribution in [0, 0.1) is 0 Å². The zero-order valence-corrected chi connectivity index (χ0v) is 36.5. The summed E-state index contributed by atoms with van der Waals surface area (Å²) < 4.78 is 18.7. The summed E-state index contributed by atoms with van der Waals surface area (Å²) in [6.07, 6.45) is 10.7. The number of hydrogen-bond donors (Lipinski definition) is 2. The first kappa shape index (κ1) is 47.9. The molecule has 2 unspecified atom stereocenters. The number of esters is 1. The van der Waals surface area contributed by atoms with Crippen LogP contribution < -0.4 is 0 Å². The van der Waals surface area contributed by atoms with Gasteiger partial charge in [0.1, 0.15) is 30.5 Å². The lowest BCUT2D eigenvalue weighted by Gasteiger charge is -2.28. The van der Waals surface area contributed by atoms with Crippen LogP contribution in [0.15, 0.2) is 73.3 Å². The minimum absolute atomic E-state index is 0.0270. The molecule has 0 spiro atoms. The number of carbonyl (C=O) groups is 4. The van der Waals surface area contributed by atoms with Crippen molar-refractivity contribution in [1.29, 1.82) is 0 Å². The van der Waals surface area contributed by atoms with Crippen LogP contribution in [0.3, 0.4) is 0 Å². The van der Waals surface area contributed by atoms with Crippen LogP contribution in [0.5, 0.6) is 0 Å². The first-order valence-electron chi connectivity index (χ1n) is 19.5. The molecule has 2 N–H and O–H groups in total. The lowest BCUT2D eigenvalue weighted by Crippen LogP contribution is -2.42. The number of carboxylic acid groups (broad SMARTS) is 1. The minimum atomic E-state index is -1.04. The van der Waals surface area contributed by atoms with E-state index in [0.717, 1.165) is 42.9 Å². The number of aliphatic carboxylic acids is 1. The van der Waals surface area contributed by atoms with Crippen molar-refractivity contribution in [3.05, 3.63) is 83.4 Å². The Morgan fingerprint density at radius 2 is 1.20 bits per heavy atom. The normalized spacial score (nSPS) is 16.5. The number of carboxylic acids is 1. The van der Waals surface area contributed by atoms with Gasteiger partial charge in [-0.1, -0.05) is 47.5 Å². The summed E-state index contributed by atoms with van der Waals surface area (Å²) in [6.45, 7) is 12.4. The third-order valence-electron chi connectivity index (χ3n) is 8.55. The van der Waals surface area contributed by atoms with E-state index in [1.165, 1.54) is 40.5 Å².